The summed E-state index contributed by atoms with van der Waals surface area (Å²) in [6, 6.07) is 3.94. The van der Waals surface area contributed by atoms with Gasteiger partial charge >= 0.3 is 0 Å². The molecular weight excluding hydrogens is 228 g/mol. The molecule has 88 valence electrons. The summed E-state index contributed by atoms with van der Waals surface area (Å²) in [4.78, 5) is 7.48. The van der Waals surface area contributed by atoms with E-state index in [1.807, 2.05) is 0 Å². The Kier molecular flexibility index (Phi) is 3.13. The van der Waals surface area contributed by atoms with Gasteiger partial charge in [0.25, 0.3) is 5.88 Å². The van der Waals surface area contributed by atoms with Crippen LogP contribution in [0.3, 0.4) is 0 Å². The lowest BCUT2D eigenvalue weighted by molar-refractivity contribution is 0.416. The van der Waals surface area contributed by atoms with Crippen LogP contribution in [0, 0.1) is 11.6 Å². The van der Waals surface area contributed by atoms with Gasteiger partial charge in [-0.05, 0) is 12.1 Å². The van der Waals surface area contributed by atoms with Gasteiger partial charge in [0.2, 0.25) is 0 Å². The monoisotopic (exact) mass is 237 g/mol. The third-order valence-electron chi connectivity index (χ3n) is 1.98. The molecule has 2 heterocycles. The van der Waals surface area contributed by atoms with Gasteiger partial charge in [-0.1, -0.05) is 0 Å². The Morgan fingerprint density at radius 1 is 1.29 bits per heavy atom. The fraction of sp³-hybridized carbons (Fsp3) is 0.0909. The van der Waals surface area contributed by atoms with E-state index < -0.39 is 11.6 Å². The molecule has 0 aliphatic rings. The molecule has 17 heavy (non-hydrogen) atoms. The normalized spacial score (nSPS) is 10.1. The van der Waals surface area contributed by atoms with Crippen LogP contribution in [0.25, 0.3) is 0 Å². The number of nitrogens with zero attached hydrogens (tertiary/aromatic N) is 2. The fourth-order valence-electron chi connectivity index (χ4n) is 1.22. The molecule has 0 spiro atoms. The minimum Gasteiger partial charge on any atom is -0.435 e. The number of ether oxygens (including phenoxy) is 1. The van der Waals surface area contributed by atoms with Crippen LogP contribution in [-0.2, 0) is 0 Å². The van der Waals surface area contributed by atoms with Crippen LogP contribution >= 0.6 is 0 Å². The lowest BCUT2D eigenvalue weighted by atomic mass is 10.4. The van der Waals surface area contributed by atoms with Crippen molar-refractivity contribution in [1.82, 2.24) is 9.97 Å². The number of hydrogen-bond donors (Lipinski definition) is 1. The van der Waals surface area contributed by atoms with Gasteiger partial charge in [-0.25, -0.2) is 8.78 Å². The van der Waals surface area contributed by atoms with E-state index in [1.54, 1.807) is 18.3 Å². The van der Waals surface area contributed by atoms with Gasteiger partial charge in [0.05, 0.1) is 6.20 Å². The van der Waals surface area contributed by atoms with Crippen LogP contribution in [0.1, 0.15) is 0 Å². The second-order valence-electron chi connectivity index (χ2n) is 3.15. The van der Waals surface area contributed by atoms with Crippen molar-refractivity contribution < 1.29 is 13.5 Å². The number of anilines is 1. The van der Waals surface area contributed by atoms with Crippen molar-refractivity contribution >= 4 is 5.82 Å². The number of hydrogen-bond acceptors (Lipinski definition) is 4. The highest BCUT2D eigenvalue weighted by Gasteiger charge is 2.12. The average Bonchev–Trinajstić information content (AvgIpc) is 2.34. The highest BCUT2D eigenvalue weighted by Crippen LogP contribution is 2.24. The van der Waals surface area contributed by atoms with E-state index in [1.165, 1.54) is 13.2 Å². The minimum atomic E-state index is -0.870. The van der Waals surface area contributed by atoms with Crippen molar-refractivity contribution in [1.29, 1.82) is 0 Å². The van der Waals surface area contributed by atoms with Gasteiger partial charge in [-0.2, -0.15) is 4.98 Å². The molecule has 0 bridgehead atoms. The van der Waals surface area contributed by atoms with Crippen molar-refractivity contribution in [3.8, 4) is 11.6 Å². The maximum atomic E-state index is 13.4. The van der Waals surface area contributed by atoms with Gasteiger partial charge in [0.1, 0.15) is 5.75 Å². The topological polar surface area (TPSA) is 47.0 Å². The van der Waals surface area contributed by atoms with Crippen molar-refractivity contribution in [2.24, 2.45) is 0 Å². The Morgan fingerprint density at radius 3 is 2.76 bits per heavy atom. The summed E-state index contributed by atoms with van der Waals surface area (Å²) in [5, 5.41) is 2.50. The predicted molar refractivity (Wildman–Crippen MR) is 58.0 cm³/mol. The molecule has 0 saturated heterocycles. The first-order chi connectivity index (χ1) is 8.20. The fourth-order valence-corrected chi connectivity index (χ4v) is 1.22. The molecule has 0 fully saturated rings. The Labute approximate surface area is 96.3 Å². The molecule has 0 amide bonds. The van der Waals surface area contributed by atoms with Gasteiger partial charge in [-0.15, -0.1) is 0 Å². The molecule has 2 aromatic rings. The first-order valence-electron chi connectivity index (χ1n) is 4.82. The molecule has 0 atom stereocenters. The van der Waals surface area contributed by atoms with Crippen molar-refractivity contribution in [2.75, 3.05) is 12.4 Å². The molecule has 0 aromatic carbocycles. The summed E-state index contributed by atoms with van der Waals surface area (Å²) in [7, 11) is 1.48. The van der Waals surface area contributed by atoms with Gasteiger partial charge in [0, 0.05) is 19.3 Å². The summed E-state index contributed by atoms with van der Waals surface area (Å²) in [6.07, 6.45) is 2.96. The first kappa shape index (κ1) is 11.3. The third-order valence-corrected chi connectivity index (χ3v) is 1.98. The Balaban J connectivity index is 2.33. The van der Waals surface area contributed by atoms with Crippen LogP contribution in [0.5, 0.6) is 11.6 Å². The molecule has 0 unspecified atom stereocenters. The zero-order valence-corrected chi connectivity index (χ0v) is 8.95. The van der Waals surface area contributed by atoms with Crippen LogP contribution in [0.2, 0.25) is 0 Å². The number of halogens is 2. The van der Waals surface area contributed by atoms with Crippen molar-refractivity contribution in [3.05, 3.63) is 42.2 Å². The van der Waals surface area contributed by atoms with Crippen LogP contribution in [-0.4, -0.2) is 17.0 Å². The van der Waals surface area contributed by atoms with Gasteiger partial charge < -0.3 is 10.1 Å². The van der Waals surface area contributed by atoms with E-state index in [9.17, 15) is 8.78 Å². The highest BCUT2D eigenvalue weighted by atomic mass is 19.1. The second kappa shape index (κ2) is 4.73. The van der Waals surface area contributed by atoms with Gasteiger partial charge in [-0.3, -0.25) is 4.98 Å². The zero-order valence-electron chi connectivity index (χ0n) is 8.95. The van der Waals surface area contributed by atoms with E-state index in [-0.39, 0.29) is 11.7 Å². The van der Waals surface area contributed by atoms with Crippen LogP contribution < -0.4 is 10.1 Å². The molecule has 4 nitrogen and oxygen atoms in total. The predicted octanol–water partition coefficient (Wildman–Crippen LogP) is 2.59. The van der Waals surface area contributed by atoms with Crippen molar-refractivity contribution in [3.63, 3.8) is 0 Å². The van der Waals surface area contributed by atoms with E-state index >= 15 is 0 Å². The Hall–Kier alpha value is -2.24. The highest BCUT2D eigenvalue weighted by molar-refractivity contribution is 5.40. The Morgan fingerprint density at radius 2 is 2.12 bits per heavy atom. The molecule has 2 aromatic heterocycles. The first-order valence-corrected chi connectivity index (χ1v) is 4.82. The lowest BCUT2D eigenvalue weighted by Crippen LogP contribution is -2.01. The number of rotatable bonds is 3. The number of pyridine rings is 2. The van der Waals surface area contributed by atoms with Gasteiger partial charge in [0.15, 0.2) is 17.5 Å². The maximum absolute atomic E-state index is 13.4. The maximum Gasteiger partial charge on any atom is 0.258 e. The smallest absolute Gasteiger partial charge is 0.258 e. The molecule has 0 saturated carbocycles. The Bertz CT molecular complexity index is 520. The molecule has 1 N–H and O–H groups in total. The molecule has 6 heteroatoms. The quantitative estimate of drug-likeness (QED) is 0.891. The summed E-state index contributed by atoms with van der Waals surface area (Å²) in [6.45, 7) is 0. The number of nitrogens with one attached hydrogen (secondary N) is 1. The molecule has 0 radical (unpaired) electrons. The minimum absolute atomic E-state index is 0.0784. The summed E-state index contributed by atoms with van der Waals surface area (Å²) < 4.78 is 31.7. The molecule has 0 aliphatic heterocycles. The third kappa shape index (κ3) is 2.47. The summed E-state index contributed by atoms with van der Waals surface area (Å²) >= 11 is 0. The molecular formula is C11H9F2N3O. The van der Waals surface area contributed by atoms with E-state index in [0.717, 1.165) is 0 Å². The summed E-state index contributed by atoms with van der Waals surface area (Å²) in [5.41, 5.74) is 0. The largest absolute Gasteiger partial charge is 0.435 e. The SMILES string of the molecule is CNc1nc(Oc2cccnc2)c(F)cc1F. The number of aromatic nitrogens is 2. The van der Waals surface area contributed by atoms with E-state index in [4.69, 9.17) is 4.74 Å². The van der Waals surface area contributed by atoms with Crippen LogP contribution in [0.15, 0.2) is 30.6 Å². The van der Waals surface area contributed by atoms with E-state index in [2.05, 4.69) is 15.3 Å². The lowest BCUT2D eigenvalue weighted by Gasteiger charge is -2.07. The standard InChI is InChI=1S/C11H9F2N3O/c1-14-10-8(12)5-9(13)11(16-10)17-7-3-2-4-15-6-7/h2-6H,1H3,(H,14,16). The average molecular weight is 237 g/mol. The van der Waals surface area contributed by atoms with Crippen molar-refractivity contribution in [2.45, 2.75) is 0 Å². The second-order valence-corrected chi connectivity index (χ2v) is 3.15. The van der Waals surface area contributed by atoms with E-state index in [0.29, 0.717) is 11.8 Å². The molecule has 0 aliphatic carbocycles. The van der Waals surface area contributed by atoms with Crippen LogP contribution in [0.4, 0.5) is 14.6 Å². The summed E-state index contributed by atoms with van der Waals surface area (Å²) in [5.74, 6) is -1.70. The zero-order chi connectivity index (χ0) is 12.3. The molecule has 2 rings (SSSR count).